The molecule has 0 atom stereocenters. The normalized spacial score (nSPS) is 10.6. The van der Waals surface area contributed by atoms with Gasteiger partial charge in [-0.2, -0.15) is 0 Å². The summed E-state index contributed by atoms with van der Waals surface area (Å²) in [5, 5.41) is 5.66. The van der Waals surface area contributed by atoms with E-state index in [1.54, 1.807) is 18.4 Å². The third-order valence-electron chi connectivity index (χ3n) is 2.92. The number of carbonyl (C=O) groups is 1. The second-order valence-electron chi connectivity index (χ2n) is 4.38. The molecule has 0 spiro atoms. The van der Waals surface area contributed by atoms with E-state index >= 15 is 0 Å². The zero-order valence-corrected chi connectivity index (χ0v) is 13.4. The van der Waals surface area contributed by atoms with Gasteiger partial charge in [-0.25, -0.2) is 9.97 Å². The number of anilines is 1. The van der Waals surface area contributed by atoms with Gasteiger partial charge < -0.3 is 10.1 Å². The van der Waals surface area contributed by atoms with Gasteiger partial charge in [0.2, 0.25) is 5.91 Å². The minimum Gasteiger partial charge on any atom is -0.497 e. The maximum absolute atomic E-state index is 12.0. The van der Waals surface area contributed by atoms with Crippen molar-refractivity contribution in [2.45, 2.75) is 5.03 Å². The van der Waals surface area contributed by atoms with Crippen molar-refractivity contribution < 1.29 is 9.53 Å². The van der Waals surface area contributed by atoms with E-state index in [9.17, 15) is 4.79 Å². The Balaban J connectivity index is 1.61. The lowest BCUT2D eigenvalue weighted by Crippen LogP contribution is -2.14. The number of aromatic nitrogens is 2. The number of ether oxygens (including phenoxy) is 1. The zero-order valence-electron chi connectivity index (χ0n) is 11.8. The van der Waals surface area contributed by atoms with Crippen LogP contribution < -0.4 is 10.1 Å². The Kier molecular flexibility index (Phi) is 4.55. The predicted octanol–water partition coefficient (Wildman–Crippen LogP) is 3.43. The lowest BCUT2D eigenvalue weighted by atomic mass is 10.3. The van der Waals surface area contributed by atoms with Crippen molar-refractivity contribution in [3.8, 4) is 5.75 Å². The number of rotatable bonds is 5. The quantitative estimate of drug-likeness (QED) is 0.573. The fourth-order valence-electron chi connectivity index (χ4n) is 1.87. The number of thiophene rings is 1. The first-order valence-electron chi connectivity index (χ1n) is 6.51. The molecule has 3 aromatic rings. The second kappa shape index (κ2) is 6.76. The Morgan fingerprint density at radius 1 is 1.27 bits per heavy atom. The van der Waals surface area contributed by atoms with E-state index in [4.69, 9.17) is 4.74 Å². The number of hydrogen-bond acceptors (Lipinski definition) is 6. The summed E-state index contributed by atoms with van der Waals surface area (Å²) in [5.74, 6) is 0.989. The molecule has 0 bridgehead atoms. The van der Waals surface area contributed by atoms with Crippen molar-refractivity contribution in [2.24, 2.45) is 0 Å². The first-order chi connectivity index (χ1) is 10.8. The number of amides is 1. The van der Waals surface area contributed by atoms with E-state index in [0.717, 1.165) is 26.7 Å². The Hall–Kier alpha value is -2.12. The maximum Gasteiger partial charge on any atom is 0.234 e. The van der Waals surface area contributed by atoms with Crippen LogP contribution in [0.2, 0.25) is 0 Å². The lowest BCUT2D eigenvalue weighted by Gasteiger charge is -2.06. The molecule has 0 saturated heterocycles. The zero-order chi connectivity index (χ0) is 15.4. The van der Waals surface area contributed by atoms with Crippen LogP contribution in [0.3, 0.4) is 0 Å². The van der Waals surface area contributed by atoms with E-state index in [1.165, 1.54) is 18.1 Å². The highest BCUT2D eigenvalue weighted by molar-refractivity contribution is 8.00. The molecule has 22 heavy (non-hydrogen) atoms. The predicted molar refractivity (Wildman–Crippen MR) is 89.8 cm³/mol. The average Bonchev–Trinajstić information content (AvgIpc) is 3.03. The fraction of sp³-hybridized carbons (Fsp3) is 0.133. The van der Waals surface area contributed by atoms with Crippen molar-refractivity contribution in [1.29, 1.82) is 0 Å². The summed E-state index contributed by atoms with van der Waals surface area (Å²) in [4.78, 5) is 20.4. The largest absolute Gasteiger partial charge is 0.497 e. The third-order valence-corrected chi connectivity index (χ3v) is 4.95. The molecule has 1 aromatic carbocycles. The summed E-state index contributed by atoms with van der Waals surface area (Å²) in [6.07, 6.45) is 1.53. The van der Waals surface area contributed by atoms with Crippen molar-refractivity contribution >= 4 is 44.9 Å². The van der Waals surface area contributed by atoms with E-state index < -0.39 is 0 Å². The number of nitrogens with zero attached hydrogens (tertiary/aromatic N) is 2. The van der Waals surface area contributed by atoms with Crippen LogP contribution >= 0.6 is 23.1 Å². The fourth-order valence-corrected chi connectivity index (χ4v) is 3.62. The van der Waals surface area contributed by atoms with Gasteiger partial charge in [0.25, 0.3) is 0 Å². The molecule has 0 aliphatic heterocycles. The van der Waals surface area contributed by atoms with Crippen LogP contribution in [0.25, 0.3) is 10.2 Å². The Labute approximate surface area is 135 Å². The molecule has 1 amide bonds. The van der Waals surface area contributed by atoms with Crippen LogP contribution in [0.4, 0.5) is 5.69 Å². The van der Waals surface area contributed by atoms with E-state index in [2.05, 4.69) is 15.3 Å². The summed E-state index contributed by atoms with van der Waals surface area (Å²) in [7, 11) is 1.61. The molecular formula is C15H13N3O2S2. The smallest absolute Gasteiger partial charge is 0.234 e. The number of benzene rings is 1. The number of hydrogen-bond donors (Lipinski definition) is 1. The van der Waals surface area contributed by atoms with Gasteiger partial charge in [-0.05, 0) is 35.7 Å². The standard InChI is InChI=1S/C15H13N3O2S2/c1-20-11-4-2-10(3-5-11)18-13(19)8-22-15-14-12(6-7-21-14)16-9-17-15/h2-7,9H,8H2,1H3,(H,18,19). The van der Waals surface area contributed by atoms with Gasteiger partial charge in [0.1, 0.15) is 17.1 Å². The van der Waals surface area contributed by atoms with E-state index in [1.807, 2.05) is 35.7 Å². The average molecular weight is 331 g/mol. The van der Waals surface area contributed by atoms with Crippen LogP contribution in [0, 0.1) is 0 Å². The van der Waals surface area contributed by atoms with Gasteiger partial charge in [-0.1, -0.05) is 11.8 Å². The molecule has 1 N–H and O–H groups in total. The lowest BCUT2D eigenvalue weighted by molar-refractivity contribution is -0.113. The van der Waals surface area contributed by atoms with Crippen molar-refractivity contribution in [3.63, 3.8) is 0 Å². The molecule has 0 aliphatic carbocycles. The number of methoxy groups -OCH3 is 1. The summed E-state index contributed by atoms with van der Waals surface area (Å²) in [5.41, 5.74) is 1.66. The highest BCUT2D eigenvalue weighted by Crippen LogP contribution is 2.28. The van der Waals surface area contributed by atoms with Gasteiger partial charge in [0, 0.05) is 5.69 Å². The van der Waals surface area contributed by atoms with Crippen molar-refractivity contribution in [1.82, 2.24) is 9.97 Å². The number of thioether (sulfide) groups is 1. The summed E-state index contributed by atoms with van der Waals surface area (Å²) < 4.78 is 6.10. The summed E-state index contributed by atoms with van der Waals surface area (Å²) in [6.45, 7) is 0. The van der Waals surface area contributed by atoms with Gasteiger partial charge in [-0.15, -0.1) is 11.3 Å². The monoisotopic (exact) mass is 331 g/mol. The summed E-state index contributed by atoms with van der Waals surface area (Å²) in [6, 6.07) is 9.18. The first kappa shape index (κ1) is 14.8. The highest BCUT2D eigenvalue weighted by atomic mass is 32.2. The molecule has 0 saturated carbocycles. The molecule has 0 unspecified atom stereocenters. The second-order valence-corrected chi connectivity index (χ2v) is 6.26. The molecular weight excluding hydrogens is 318 g/mol. The molecule has 7 heteroatoms. The highest BCUT2D eigenvalue weighted by Gasteiger charge is 2.09. The van der Waals surface area contributed by atoms with Crippen molar-refractivity contribution in [3.05, 3.63) is 42.0 Å². The molecule has 3 rings (SSSR count). The minimum absolute atomic E-state index is 0.0708. The SMILES string of the molecule is COc1ccc(NC(=O)CSc2ncnc3ccsc23)cc1. The summed E-state index contributed by atoms with van der Waals surface area (Å²) >= 11 is 2.99. The van der Waals surface area contributed by atoms with Gasteiger partial charge in [-0.3, -0.25) is 4.79 Å². The minimum atomic E-state index is -0.0708. The number of nitrogens with one attached hydrogen (secondary N) is 1. The maximum atomic E-state index is 12.0. The van der Waals surface area contributed by atoms with E-state index in [0.29, 0.717) is 5.75 Å². The van der Waals surface area contributed by atoms with Crippen LogP contribution in [-0.4, -0.2) is 28.7 Å². The number of carbonyl (C=O) groups excluding carboxylic acids is 1. The van der Waals surface area contributed by atoms with Crippen molar-refractivity contribution in [2.75, 3.05) is 18.2 Å². The van der Waals surface area contributed by atoms with Gasteiger partial charge in [0.05, 0.1) is 23.1 Å². The molecule has 0 aliphatic rings. The van der Waals surface area contributed by atoms with Crippen LogP contribution in [0.5, 0.6) is 5.75 Å². The van der Waals surface area contributed by atoms with Gasteiger partial charge in [0.15, 0.2) is 0 Å². The first-order valence-corrected chi connectivity index (χ1v) is 8.37. The molecule has 112 valence electrons. The topological polar surface area (TPSA) is 64.1 Å². The molecule has 5 nitrogen and oxygen atoms in total. The Bertz CT molecular complexity index is 787. The third kappa shape index (κ3) is 3.37. The number of fused-ring (bicyclic) bond motifs is 1. The van der Waals surface area contributed by atoms with Crippen LogP contribution in [0.15, 0.2) is 47.1 Å². The molecule has 2 heterocycles. The van der Waals surface area contributed by atoms with Gasteiger partial charge >= 0.3 is 0 Å². The Morgan fingerprint density at radius 3 is 2.86 bits per heavy atom. The molecule has 2 aromatic heterocycles. The molecule has 0 fully saturated rings. The van der Waals surface area contributed by atoms with Crippen LogP contribution in [0.1, 0.15) is 0 Å². The Morgan fingerprint density at radius 2 is 2.09 bits per heavy atom. The molecule has 0 radical (unpaired) electrons. The van der Waals surface area contributed by atoms with Crippen LogP contribution in [-0.2, 0) is 4.79 Å². The van der Waals surface area contributed by atoms with E-state index in [-0.39, 0.29) is 5.91 Å².